The summed E-state index contributed by atoms with van der Waals surface area (Å²) in [6.45, 7) is 3.49. The number of aromatic amines is 1. The molecule has 0 aliphatic heterocycles. The first kappa shape index (κ1) is 19.0. The van der Waals surface area contributed by atoms with Gasteiger partial charge in [0.25, 0.3) is 5.56 Å². The maximum absolute atomic E-state index is 14.8. The van der Waals surface area contributed by atoms with Gasteiger partial charge in [-0.2, -0.15) is 9.37 Å². The molecule has 9 heteroatoms. The Morgan fingerprint density at radius 3 is 2.33 bits per heavy atom. The third kappa shape index (κ3) is 3.55. The van der Waals surface area contributed by atoms with Crippen LogP contribution >= 0.6 is 0 Å². The van der Waals surface area contributed by atoms with Gasteiger partial charge in [0.2, 0.25) is 5.95 Å². The number of pyridine rings is 1. The molecule has 142 valence electrons. The van der Waals surface area contributed by atoms with E-state index in [9.17, 15) is 22.4 Å². The molecule has 0 bridgehead atoms. The molecule has 0 saturated carbocycles. The number of H-pyrrole nitrogens is 1. The molecule has 2 aromatic heterocycles. The van der Waals surface area contributed by atoms with Crippen LogP contribution in [0.3, 0.4) is 0 Å². The van der Waals surface area contributed by atoms with Crippen molar-refractivity contribution < 1.29 is 17.6 Å². The minimum absolute atomic E-state index is 0.0505. The number of aromatic nitrogens is 3. The molecule has 2 atom stereocenters. The predicted molar refractivity (Wildman–Crippen MR) is 91.9 cm³/mol. The molecule has 0 radical (unpaired) electrons. The molecule has 3 N–H and O–H groups in total. The van der Waals surface area contributed by atoms with Crippen molar-refractivity contribution in [3.63, 3.8) is 0 Å². The maximum atomic E-state index is 14.8. The Labute approximate surface area is 151 Å². The van der Waals surface area contributed by atoms with Gasteiger partial charge in [-0.1, -0.05) is 6.92 Å². The van der Waals surface area contributed by atoms with E-state index in [4.69, 9.17) is 5.73 Å². The van der Waals surface area contributed by atoms with E-state index >= 15 is 0 Å². The van der Waals surface area contributed by atoms with E-state index in [1.165, 1.54) is 0 Å². The Morgan fingerprint density at radius 1 is 1.11 bits per heavy atom. The smallest absolute Gasteiger partial charge is 0.267 e. The summed E-state index contributed by atoms with van der Waals surface area (Å²) in [7, 11) is 0. The zero-order valence-electron chi connectivity index (χ0n) is 14.5. The van der Waals surface area contributed by atoms with Gasteiger partial charge >= 0.3 is 0 Å². The number of benzene rings is 1. The molecule has 0 spiro atoms. The van der Waals surface area contributed by atoms with Gasteiger partial charge in [-0.15, -0.1) is 0 Å². The highest BCUT2D eigenvalue weighted by atomic mass is 19.1. The monoisotopic (exact) mass is 380 g/mol. The Bertz CT molecular complexity index is 1060. The van der Waals surface area contributed by atoms with Gasteiger partial charge in [-0.05, 0) is 24.8 Å². The van der Waals surface area contributed by atoms with Gasteiger partial charge in [-0.25, -0.2) is 18.2 Å². The molecule has 0 fully saturated rings. The second-order valence-electron chi connectivity index (χ2n) is 6.49. The van der Waals surface area contributed by atoms with Gasteiger partial charge in [0.1, 0.15) is 17.5 Å². The minimum atomic E-state index is -1.28. The molecule has 5 nitrogen and oxygen atoms in total. The SMILES string of the molecule is CC(N)C(C)Cc1c(-c2c(F)cc(F)cc2F)c(F)nc2ncc(=O)[nH]c12. The van der Waals surface area contributed by atoms with Gasteiger partial charge in [-0.3, -0.25) is 4.79 Å². The third-order valence-corrected chi connectivity index (χ3v) is 4.47. The first-order chi connectivity index (χ1) is 12.7. The van der Waals surface area contributed by atoms with Crippen molar-refractivity contribution in [3.8, 4) is 11.1 Å². The lowest BCUT2D eigenvalue weighted by Gasteiger charge is -2.20. The van der Waals surface area contributed by atoms with E-state index in [0.717, 1.165) is 6.20 Å². The molecule has 0 aliphatic carbocycles. The highest BCUT2D eigenvalue weighted by Gasteiger charge is 2.26. The third-order valence-electron chi connectivity index (χ3n) is 4.47. The average Bonchev–Trinajstić information content (AvgIpc) is 2.56. The van der Waals surface area contributed by atoms with E-state index in [0.29, 0.717) is 12.1 Å². The molecule has 0 saturated heterocycles. The van der Waals surface area contributed by atoms with E-state index in [2.05, 4.69) is 15.0 Å². The molecule has 27 heavy (non-hydrogen) atoms. The number of halogens is 4. The molecular formula is C18H16F4N4O. The number of nitrogens with one attached hydrogen (secondary N) is 1. The summed E-state index contributed by atoms with van der Waals surface area (Å²) in [6.07, 6.45) is 1.01. The summed E-state index contributed by atoms with van der Waals surface area (Å²) < 4.78 is 56.8. The fraction of sp³-hybridized carbons (Fsp3) is 0.278. The van der Waals surface area contributed by atoms with Crippen molar-refractivity contribution in [1.82, 2.24) is 15.0 Å². The van der Waals surface area contributed by atoms with Crippen molar-refractivity contribution in [2.24, 2.45) is 11.7 Å². The van der Waals surface area contributed by atoms with Crippen LogP contribution in [-0.2, 0) is 6.42 Å². The largest absolute Gasteiger partial charge is 0.328 e. The van der Waals surface area contributed by atoms with Crippen LogP contribution in [0.25, 0.3) is 22.3 Å². The Kier molecular flexibility index (Phi) is 4.97. The Hall–Kier alpha value is -2.81. The zero-order chi connectivity index (χ0) is 19.9. The second kappa shape index (κ2) is 7.07. The summed E-state index contributed by atoms with van der Waals surface area (Å²) in [5.41, 5.74) is 4.05. The van der Waals surface area contributed by atoms with Crippen molar-refractivity contribution in [3.05, 3.63) is 57.6 Å². The Morgan fingerprint density at radius 2 is 1.74 bits per heavy atom. The topological polar surface area (TPSA) is 84.7 Å². The van der Waals surface area contributed by atoms with Crippen LogP contribution in [0.2, 0.25) is 0 Å². The zero-order valence-corrected chi connectivity index (χ0v) is 14.5. The number of fused-ring (bicyclic) bond motifs is 1. The molecule has 0 amide bonds. The summed E-state index contributed by atoms with van der Waals surface area (Å²) in [5.74, 6) is -5.12. The van der Waals surface area contributed by atoms with E-state index in [-0.39, 0.29) is 35.1 Å². The summed E-state index contributed by atoms with van der Waals surface area (Å²) in [6, 6.07) is 0.579. The van der Waals surface area contributed by atoms with Gasteiger partial charge in [0.05, 0.1) is 17.3 Å². The van der Waals surface area contributed by atoms with Crippen LogP contribution in [0, 0.1) is 29.3 Å². The second-order valence-corrected chi connectivity index (χ2v) is 6.49. The number of nitrogens with zero attached hydrogens (tertiary/aromatic N) is 2. The fourth-order valence-electron chi connectivity index (χ4n) is 2.84. The standard InChI is InChI=1S/C18H16F4N4O/c1-7(8(2)23)3-10-14(15-11(20)4-9(19)5-12(15)21)17(22)26-18-16(10)25-13(27)6-24-18/h4-8H,3,23H2,1-2H3,(H,25,27). The minimum Gasteiger partial charge on any atom is -0.328 e. The quantitative estimate of drug-likeness (QED) is 0.538. The van der Waals surface area contributed by atoms with Gasteiger partial charge in [0, 0.05) is 23.7 Å². The molecule has 0 aliphatic rings. The fourth-order valence-corrected chi connectivity index (χ4v) is 2.84. The van der Waals surface area contributed by atoms with Crippen LogP contribution < -0.4 is 11.3 Å². The van der Waals surface area contributed by atoms with Crippen LogP contribution in [-0.4, -0.2) is 21.0 Å². The molecule has 2 heterocycles. The van der Waals surface area contributed by atoms with Crippen LogP contribution in [0.4, 0.5) is 17.6 Å². The van der Waals surface area contributed by atoms with Crippen molar-refractivity contribution >= 4 is 11.2 Å². The number of hydrogen-bond donors (Lipinski definition) is 2. The lowest BCUT2D eigenvalue weighted by Crippen LogP contribution is -2.26. The van der Waals surface area contributed by atoms with Gasteiger partial charge in [0.15, 0.2) is 5.65 Å². The number of hydrogen-bond acceptors (Lipinski definition) is 4. The van der Waals surface area contributed by atoms with E-state index in [1.54, 1.807) is 13.8 Å². The highest BCUT2D eigenvalue weighted by Crippen LogP contribution is 2.35. The predicted octanol–water partition coefficient (Wildman–Crippen LogP) is 3.07. The number of rotatable bonds is 4. The lowest BCUT2D eigenvalue weighted by molar-refractivity contribution is 0.480. The molecule has 2 unspecified atom stereocenters. The summed E-state index contributed by atoms with van der Waals surface area (Å²) >= 11 is 0. The van der Waals surface area contributed by atoms with E-state index < -0.39 is 40.1 Å². The normalized spacial score (nSPS) is 13.7. The van der Waals surface area contributed by atoms with Crippen LogP contribution in [0.5, 0.6) is 0 Å². The summed E-state index contributed by atoms with van der Waals surface area (Å²) in [4.78, 5) is 21.6. The van der Waals surface area contributed by atoms with Crippen LogP contribution in [0.15, 0.2) is 23.1 Å². The Balaban J connectivity index is 2.41. The van der Waals surface area contributed by atoms with Crippen LogP contribution in [0.1, 0.15) is 19.4 Å². The maximum Gasteiger partial charge on any atom is 0.267 e. The molecule has 1 aromatic carbocycles. The highest BCUT2D eigenvalue weighted by molar-refractivity contribution is 5.83. The van der Waals surface area contributed by atoms with Crippen molar-refractivity contribution in [1.29, 1.82) is 0 Å². The first-order valence-electron chi connectivity index (χ1n) is 8.17. The van der Waals surface area contributed by atoms with Crippen molar-refractivity contribution in [2.45, 2.75) is 26.3 Å². The van der Waals surface area contributed by atoms with Gasteiger partial charge < -0.3 is 10.7 Å². The molecule has 3 rings (SSSR count). The summed E-state index contributed by atoms with van der Waals surface area (Å²) in [5, 5.41) is 0. The molecular weight excluding hydrogens is 364 g/mol. The average molecular weight is 380 g/mol. The lowest BCUT2D eigenvalue weighted by atomic mass is 9.90. The van der Waals surface area contributed by atoms with E-state index in [1.807, 2.05) is 0 Å². The first-order valence-corrected chi connectivity index (χ1v) is 8.17. The van der Waals surface area contributed by atoms with Crippen molar-refractivity contribution in [2.75, 3.05) is 0 Å². The number of nitrogens with two attached hydrogens (primary N) is 1. The molecule has 3 aromatic rings.